The summed E-state index contributed by atoms with van der Waals surface area (Å²) in [5, 5.41) is 14.9. The van der Waals surface area contributed by atoms with E-state index in [0.717, 1.165) is 30.4 Å². The van der Waals surface area contributed by atoms with Crippen LogP contribution in [0.25, 0.3) is 11.1 Å². The maximum atomic E-state index is 13.1. The number of rotatable bonds is 8. The predicted molar refractivity (Wildman–Crippen MR) is 131 cm³/mol. The Morgan fingerprint density at radius 1 is 0.914 bits per heavy atom. The lowest BCUT2D eigenvalue weighted by molar-refractivity contribution is -0.139. The number of fused-ring (bicyclic) bond motifs is 3. The monoisotopic (exact) mass is 476 g/mol. The Labute approximate surface area is 205 Å². The van der Waals surface area contributed by atoms with Gasteiger partial charge in [-0.3, -0.25) is 9.59 Å². The lowest BCUT2D eigenvalue weighted by Gasteiger charge is -2.35. The molecule has 2 aromatic carbocycles. The molecule has 0 bridgehead atoms. The van der Waals surface area contributed by atoms with Crippen molar-refractivity contribution in [3.8, 4) is 11.1 Å². The van der Waals surface area contributed by atoms with E-state index in [-0.39, 0.29) is 36.8 Å². The van der Waals surface area contributed by atoms with Crippen molar-refractivity contribution in [3.63, 3.8) is 0 Å². The molecule has 0 saturated heterocycles. The zero-order chi connectivity index (χ0) is 24.4. The van der Waals surface area contributed by atoms with E-state index in [1.54, 1.807) is 0 Å². The van der Waals surface area contributed by atoms with Crippen LogP contribution in [0.4, 0.5) is 4.79 Å². The second-order valence-electron chi connectivity index (χ2n) is 10.2. The molecule has 3 N–H and O–H groups in total. The Balaban J connectivity index is 1.18. The molecule has 184 valence electrons. The summed E-state index contributed by atoms with van der Waals surface area (Å²) in [6, 6.07) is 16.4. The van der Waals surface area contributed by atoms with Crippen molar-refractivity contribution in [1.29, 1.82) is 0 Å². The van der Waals surface area contributed by atoms with Crippen LogP contribution in [0.15, 0.2) is 48.5 Å². The zero-order valence-corrected chi connectivity index (χ0v) is 19.8. The Kier molecular flexibility index (Phi) is 6.50. The molecule has 0 heterocycles. The molecule has 3 aliphatic carbocycles. The Bertz CT molecular complexity index is 1080. The van der Waals surface area contributed by atoms with E-state index < -0.39 is 17.5 Å². The number of benzene rings is 2. The summed E-state index contributed by atoms with van der Waals surface area (Å²) in [6.07, 6.45) is 4.44. The highest BCUT2D eigenvalue weighted by molar-refractivity contribution is 5.84. The van der Waals surface area contributed by atoms with E-state index >= 15 is 0 Å². The van der Waals surface area contributed by atoms with Gasteiger partial charge in [0, 0.05) is 19.0 Å². The first-order chi connectivity index (χ1) is 17.0. The quantitative estimate of drug-likeness (QED) is 0.527. The fraction of sp³-hybridized carbons (Fsp3) is 0.464. The molecular weight excluding hydrogens is 444 g/mol. The van der Waals surface area contributed by atoms with Crippen molar-refractivity contribution >= 4 is 18.0 Å². The van der Waals surface area contributed by atoms with E-state index in [1.165, 1.54) is 11.1 Å². The van der Waals surface area contributed by atoms with Gasteiger partial charge in [0.05, 0.1) is 11.3 Å². The molecule has 0 radical (unpaired) electrons. The molecule has 35 heavy (non-hydrogen) atoms. The van der Waals surface area contributed by atoms with Crippen molar-refractivity contribution in [2.45, 2.75) is 44.4 Å². The molecule has 2 unspecified atom stereocenters. The van der Waals surface area contributed by atoms with Gasteiger partial charge in [0.2, 0.25) is 5.91 Å². The standard InChI is InChI=1S/C28H32N2O5/c31-25(32)23-14-18(23)15-29-26(33)28(12-6-1-7-13-28)17-30-27(34)35-16-24-21-10-4-2-8-19(21)20-9-3-5-11-22(20)24/h2-5,8-11,18,23-24H,1,6-7,12-17H2,(H,29,33)(H,30,34)(H,31,32). The fourth-order valence-electron chi connectivity index (χ4n) is 5.79. The Morgan fingerprint density at radius 3 is 2.14 bits per heavy atom. The fourth-order valence-corrected chi connectivity index (χ4v) is 5.79. The minimum Gasteiger partial charge on any atom is -0.481 e. The zero-order valence-electron chi connectivity index (χ0n) is 19.8. The highest BCUT2D eigenvalue weighted by Gasteiger charge is 2.45. The van der Waals surface area contributed by atoms with E-state index in [9.17, 15) is 14.4 Å². The van der Waals surface area contributed by atoms with Crippen molar-refractivity contribution in [2.24, 2.45) is 17.3 Å². The van der Waals surface area contributed by atoms with Gasteiger partial charge in [-0.05, 0) is 47.4 Å². The van der Waals surface area contributed by atoms with Crippen LogP contribution in [-0.4, -0.2) is 42.8 Å². The number of carbonyl (C=O) groups excluding carboxylic acids is 2. The van der Waals surface area contributed by atoms with E-state index in [0.29, 0.717) is 25.8 Å². The molecule has 2 aromatic rings. The maximum Gasteiger partial charge on any atom is 0.407 e. The first-order valence-electron chi connectivity index (χ1n) is 12.6. The molecule has 2 amide bonds. The smallest absolute Gasteiger partial charge is 0.407 e. The molecule has 2 atom stereocenters. The third-order valence-corrected chi connectivity index (χ3v) is 7.97. The van der Waals surface area contributed by atoms with Crippen LogP contribution in [-0.2, 0) is 14.3 Å². The number of carbonyl (C=O) groups is 3. The van der Waals surface area contributed by atoms with Crippen LogP contribution >= 0.6 is 0 Å². The second-order valence-corrected chi connectivity index (χ2v) is 10.2. The number of carboxylic acids is 1. The van der Waals surface area contributed by atoms with Crippen LogP contribution in [0.3, 0.4) is 0 Å². The molecule has 0 aliphatic heterocycles. The average molecular weight is 477 g/mol. The Morgan fingerprint density at radius 2 is 1.54 bits per heavy atom. The number of nitrogens with one attached hydrogen (secondary N) is 2. The number of hydrogen-bond donors (Lipinski definition) is 3. The van der Waals surface area contributed by atoms with Gasteiger partial charge < -0.3 is 20.5 Å². The van der Waals surface area contributed by atoms with E-state index in [4.69, 9.17) is 9.84 Å². The third-order valence-electron chi connectivity index (χ3n) is 7.97. The number of alkyl carbamates (subject to hydrolysis) is 1. The average Bonchev–Trinajstić information content (AvgIpc) is 3.61. The number of ether oxygens (including phenoxy) is 1. The molecule has 7 heteroatoms. The normalized spacial score (nSPS) is 21.9. The van der Waals surface area contributed by atoms with Crippen LogP contribution in [0.1, 0.15) is 55.6 Å². The van der Waals surface area contributed by atoms with Crippen molar-refractivity contribution < 1.29 is 24.2 Å². The van der Waals surface area contributed by atoms with Crippen molar-refractivity contribution in [1.82, 2.24) is 10.6 Å². The molecule has 7 nitrogen and oxygen atoms in total. The van der Waals surface area contributed by atoms with Crippen LogP contribution in [0.5, 0.6) is 0 Å². The van der Waals surface area contributed by atoms with Gasteiger partial charge in [-0.25, -0.2) is 4.79 Å². The van der Waals surface area contributed by atoms with Crippen molar-refractivity contribution in [3.05, 3.63) is 59.7 Å². The van der Waals surface area contributed by atoms with E-state index in [2.05, 4.69) is 34.9 Å². The van der Waals surface area contributed by atoms with Crippen LogP contribution < -0.4 is 10.6 Å². The molecule has 3 aliphatic rings. The van der Waals surface area contributed by atoms with Gasteiger partial charge in [0.1, 0.15) is 6.61 Å². The van der Waals surface area contributed by atoms with Gasteiger partial charge in [-0.1, -0.05) is 67.8 Å². The lowest BCUT2D eigenvalue weighted by Crippen LogP contribution is -2.50. The lowest BCUT2D eigenvalue weighted by atomic mass is 9.73. The van der Waals surface area contributed by atoms with Crippen LogP contribution in [0, 0.1) is 17.3 Å². The molecule has 5 rings (SSSR count). The van der Waals surface area contributed by atoms with Gasteiger partial charge in [0.15, 0.2) is 0 Å². The number of amides is 2. The van der Waals surface area contributed by atoms with Gasteiger partial charge >= 0.3 is 12.1 Å². The molecular formula is C28H32N2O5. The summed E-state index contributed by atoms with van der Waals surface area (Å²) in [5.74, 6) is -1.25. The molecule has 0 spiro atoms. The first-order valence-corrected chi connectivity index (χ1v) is 12.6. The first kappa shape index (κ1) is 23.4. The number of hydrogen-bond acceptors (Lipinski definition) is 4. The van der Waals surface area contributed by atoms with E-state index in [1.807, 2.05) is 24.3 Å². The highest BCUT2D eigenvalue weighted by atomic mass is 16.5. The second kappa shape index (κ2) is 9.72. The Hall–Kier alpha value is -3.35. The number of aliphatic carboxylic acids is 1. The summed E-state index contributed by atoms with van der Waals surface area (Å²) >= 11 is 0. The summed E-state index contributed by atoms with van der Waals surface area (Å²) in [5.41, 5.74) is 4.00. The highest BCUT2D eigenvalue weighted by Crippen LogP contribution is 2.44. The van der Waals surface area contributed by atoms with Gasteiger partial charge in [-0.15, -0.1) is 0 Å². The summed E-state index contributed by atoms with van der Waals surface area (Å²) < 4.78 is 5.66. The van der Waals surface area contributed by atoms with Crippen molar-refractivity contribution in [2.75, 3.05) is 19.7 Å². The minimum absolute atomic E-state index is 0.00665. The maximum absolute atomic E-state index is 13.1. The van der Waals surface area contributed by atoms with Crippen LogP contribution in [0.2, 0.25) is 0 Å². The topological polar surface area (TPSA) is 105 Å². The minimum atomic E-state index is -0.798. The molecule has 2 fully saturated rings. The van der Waals surface area contributed by atoms with Gasteiger partial charge in [-0.2, -0.15) is 0 Å². The van der Waals surface area contributed by atoms with Gasteiger partial charge in [0.25, 0.3) is 0 Å². The number of carboxylic acid groups (broad SMARTS) is 1. The summed E-state index contributed by atoms with van der Waals surface area (Å²) in [4.78, 5) is 36.9. The summed E-state index contributed by atoms with van der Waals surface area (Å²) in [6.45, 7) is 0.836. The summed E-state index contributed by atoms with van der Waals surface area (Å²) in [7, 11) is 0. The third kappa shape index (κ3) is 4.77. The molecule has 2 saturated carbocycles. The molecule has 0 aromatic heterocycles. The largest absolute Gasteiger partial charge is 0.481 e. The SMILES string of the molecule is O=C(NCC1(C(=O)NCC2CC2C(=O)O)CCCCC1)OCC1c2ccccc2-c2ccccc21. The predicted octanol–water partition coefficient (Wildman–Crippen LogP) is 4.31.